The first-order chi connectivity index (χ1) is 8.49. The number of carbonyl (C=O) groups is 1. The van der Waals surface area contributed by atoms with E-state index < -0.39 is 10.8 Å². The van der Waals surface area contributed by atoms with E-state index in [1.807, 2.05) is 6.92 Å². The number of primary amides is 1. The van der Waals surface area contributed by atoms with Crippen molar-refractivity contribution < 1.29 is 9.72 Å². The van der Waals surface area contributed by atoms with Crippen LogP contribution in [0.2, 0.25) is 0 Å². The van der Waals surface area contributed by atoms with Gasteiger partial charge in [-0.25, -0.2) is 0 Å². The zero-order valence-corrected chi connectivity index (χ0v) is 10.1. The Bertz CT molecular complexity index is 458. The number of nitrogens with two attached hydrogens (primary N) is 2. The van der Waals surface area contributed by atoms with Gasteiger partial charge in [0.25, 0.3) is 5.69 Å². The summed E-state index contributed by atoms with van der Waals surface area (Å²) in [6.07, 6.45) is 0.741. The maximum absolute atomic E-state index is 11.0. The van der Waals surface area contributed by atoms with Gasteiger partial charge in [0.2, 0.25) is 5.91 Å². The molecule has 0 aliphatic carbocycles. The van der Waals surface area contributed by atoms with Crippen molar-refractivity contribution >= 4 is 17.3 Å². The molecule has 0 spiro atoms. The standard InChI is InChI=1S/C11H16N4O3/c1-2-8(6-12)14-9-4-3-7(11(13)16)5-10(9)15(17)18/h3-5,8,14H,2,6,12H2,1H3,(H2,13,16). The molecule has 0 aliphatic heterocycles. The number of rotatable bonds is 6. The Morgan fingerprint density at radius 1 is 1.56 bits per heavy atom. The highest BCUT2D eigenvalue weighted by molar-refractivity contribution is 5.94. The second-order valence-corrected chi connectivity index (χ2v) is 3.84. The minimum absolute atomic E-state index is 0.0527. The van der Waals surface area contributed by atoms with Crippen molar-refractivity contribution in [2.75, 3.05) is 11.9 Å². The molecule has 1 atom stereocenters. The zero-order chi connectivity index (χ0) is 13.7. The molecular weight excluding hydrogens is 236 g/mol. The van der Waals surface area contributed by atoms with E-state index in [4.69, 9.17) is 11.5 Å². The molecule has 5 N–H and O–H groups in total. The van der Waals surface area contributed by atoms with Crippen LogP contribution in [0.1, 0.15) is 23.7 Å². The maximum atomic E-state index is 11.0. The van der Waals surface area contributed by atoms with Gasteiger partial charge in [-0.1, -0.05) is 6.92 Å². The number of benzene rings is 1. The Balaban J connectivity index is 3.11. The normalized spacial score (nSPS) is 11.9. The summed E-state index contributed by atoms with van der Waals surface area (Å²) in [6, 6.07) is 4.02. The van der Waals surface area contributed by atoms with Crippen LogP contribution in [0.25, 0.3) is 0 Å². The van der Waals surface area contributed by atoms with Crippen LogP contribution in [0.3, 0.4) is 0 Å². The molecule has 1 rings (SSSR count). The fourth-order valence-corrected chi connectivity index (χ4v) is 1.51. The van der Waals surface area contributed by atoms with Crippen molar-refractivity contribution in [1.82, 2.24) is 0 Å². The third kappa shape index (κ3) is 3.17. The molecule has 0 aliphatic rings. The molecule has 1 aromatic rings. The van der Waals surface area contributed by atoms with Gasteiger partial charge in [-0.2, -0.15) is 0 Å². The first-order valence-electron chi connectivity index (χ1n) is 5.54. The SMILES string of the molecule is CCC(CN)Nc1ccc(C(N)=O)cc1[N+](=O)[O-]. The van der Waals surface area contributed by atoms with Gasteiger partial charge >= 0.3 is 0 Å². The van der Waals surface area contributed by atoms with E-state index in [-0.39, 0.29) is 17.3 Å². The van der Waals surface area contributed by atoms with Gasteiger partial charge in [-0.05, 0) is 18.6 Å². The molecule has 0 bridgehead atoms. The van der Waals surface area contributed by atoms with Crippen LogP contribution in [-0.2, 0) is 0 Å². The summed E-state index contributed by atoms with van der Waals surface area (Å²) in [5.74, 6) is -0.699. The fraction of sp³-hybridized carbons (Fsp3) is 0.364. The van der Waals surface area contributed by atoms with Crippen LogP contribution in [0, 0.1) is 10.1 Å². The van der Waals surface area contributed by atoms with Crippen LogP contribution in [-0.4, -0.2) is 23.4 Å². The Morgan fingerprint density at radius 3 is 2.67 bits per heavy atom. The average molecular weight is 252 g/mol. The summed E-state index contributed by atoms with van der Waals surface area (Å²) < 4.78 is 0. The van der Waals surface area contributed by atoms with Crippen LogP contribution < -0.4 is 16.8 Å². The van der Waals surface area contributed by atoms with Gasteiger partial charge in [0, 0.05) is 24.2 Å². The molecule has 7 heteroatoms. The molecule has 1 aromatic carbocycles. The predicted molar refractivity (Wildman–Crippen MR) is 68.4 cm³/mol. The number of hydrogen-bond donors (Lipinski definition) is 3. The second-order valence-electron chi connectivity index (χ2n) is 3.84. The predicted octanol–water partition coefficient (Wildman–Crippen LogP) is 0.843. The van der Waals surface area contributed by atoms with E-state index in [2.05, 4.69) is 5.32 Å². The van der Waals surface area contributed by atoms with Crippen molar-refractivity contribution in [1.29, 1.82) is 0 Å². The van der Waals surface area contributed by atoms with Crippen molar-refractivity contribution in [3.05, 3.63) is 33.9 Å². The van der Waals surface area contributed by atoms with Gasteiger partial charge in [0.15, 0.2) is 0 Å². The first kappa shape index (κ1) is 13.9. The van der Waals surface area contributed by atoms with Crippen molar-refractivity contribution in [3.8, 4) is 0 Å². The van der Waals surface area contributed by atoms with Gasteiger partial charge in [-0.15, -0.1) is 0 Å². The van der Waals surface area contributed by atoms with Gasteiger partial charge in [-0.3, -0.25) is 14.9 Å². The Morgan fingerprint density at radius 2 is 2.22 bits per heavy atom. The van der Waals surface area contributed by atoms with E-state index in [0.29, 0.717) is 12.2 Å². The number of anilines is 1. The van der Waals surface area contributed by atoms with Crippen LogP contribution >= 0.6 is 0 Å². The van der Waals surface area contributed by atoms with Crippen LogP contribution in [0.15, 0.2) is 18.2 Å². The lowest BCUT2D eigenvalue weighted by Crippen LogP contribution is -2.28. The molecule has 1 amide bonds. The third-order valence-corrected chi connectivity index (χ3v) is 2.62. The van der Waals surface area contributed by atoms with Gasteiger partial charge in [0.1, 0.15) is 5.69 Å². The van der Waals surface area contributed by atoms with Gasteiger partial charge < -0.3 is 16.8 Å². The van der Waals surface area contributed by atoms with Crippen molar-refractivity contribution in [3.63, 3.8) is 0 Å². The first-order valence-corrected chi connectivity index (χ1v) is 5.54. The Labute approximate surface area is 104 Å². The van der Waals surface area contributed by atoms with Crippen LogP contribution in [0.5, 0.6) is 0 Å². The molecule has 0 heterocycles. The number of hydrogen-bond acceptors (Lipinski definition) is 5. The number of nitrogens with one attached hydrogen (secondary N) is 1. The zero-order valence-electron chi connectivity index (χ0n) is 10.1. The summed E-state index contributed by atoms with van der Waals surface area (Å²) in [4.78, 5) is 21.4. The molecule has 0 aromatic heterocycles. The molecule has 1 unspecified atom stereocenters. The smallest absolute Gasteiger partial charge is 0.293 e. The van der Waals surface area contributed by atoms with E-state index >= 15 is 0 Å². The van der Waals surface area contributed by atoms with E-state index in [1.165, 1.54) is 12.1 Å². The summed E-state index contributed by atoms with van der Waals surface area (Å²) in [5.41, 5.74) is 10.9. The van der Waals surface area contributed by atoms with Gasteiger partial charge in [0.05, 0.1) is 4.92 Å². The highest BCUT2D eigenvalue weighted by atomic mass is 16.6. The number of amides is 1. The van der Waals surface area contributed by atoms with Crippen molar-refractivity contribution in [2.45, 2.75) is 19.4 Å². The molecule has 0 saturated heterocycles. The van der Waals surface area contributed by atoms with E-state index in [1.54, 1.807) is 0 Å². The van der Waals surface area contributed by atoms with Crippen LogP contribution in [0.4, 0.5) is 11.4 Å². The Hall–Kier alpha value is -2.15. The lowest BCUT2D eigenvalue weighted by molar-refractivity contribution is -0.384. The highest BCUT2D eigenvalue weighted by Crippen LogP contribution is 2.26. The summed E-state index contributed by atoms with van der Waals surface area (Å²) in [5, 5.41) is 13.9. The molecule has 0 fully saturated rings. The largest absolute Gasteiger partial charge is 0.375 e. The lowest BCUT2D eigenvalue weighted by Gasteiger charge is -2.16. The molecule has 0 saturated carbocycles. The highest BCUT2D eigenvalue weighted by Gasteiger charge is 2.18. The maximum Gasteiger partial charge on any atom is 0.293 e. The fourth-order valence-electron chi connectivity index (χ4n) is 1.51. The molecular formula is C11H16N4O3. The monoisotopic (exact) mass is 252 g/mol. The summed E-state index contributed by atoms with van der Waals surface area (Å²) in [7, 11) is 0. The average Bonchev–Trinajstić information content (AvgIpc) is 2.35. The van der Waals surface area contributed by atoms with Crippen molar-refractivity contribution in [2.24, 2.45) is 11.5 Å². The number of nitro benzene ring substituents is 1. The summed E-state index contributed by atoms with van der Waals surface area (Å²) in [6.45, 7) is 2.29. The number of carbonyl (C=O) groups excluding carboxylic acids is 1. The number of nitro groups is 1. The topological polar surface area (TPSA) is 124 Å². The molecule has 0 radical (unpaired) electrons. The minimum atomic E-state index is -0.699. The minimum Gasteiger partial charge on any atom is -0.375 e. The lowest BCUT2D eigenvalue weighted by atomic mass is 10.1. The third-order valence-electron chi connectivity index (χ3n) is 2.62. The number of nitrogens with zero attached hydrogens (tertiary/aromatic N) is 1. The molecule has 98 valence electrons. The molecule has 18 heavy (non-hydrogen) atoms. The van der Waals surface area contributed by atoms with E-state index in [0.717, 1.165) is 12.5 Å². The second kappa shape index (κ2) is 5.97. The van der Waals surface area contributed by atoms with E-state index in [9.17, 15) is 14.9 Å². The Kier molecular flexibility index (Phi) is 4.61. The quantitative estimate of drug-likeness (QED) is 0.511. The summed E-state index contributed by atoms with van der Waals surface area (Å²) >= 11 is 0. The molecule has 7 nitrogen and oxygen atoms in total.